The van der Waals surface area contributed by atoms with Crippen molar-refractivity contribution < 1.29 is 9.72 Å². The van der Waals surface area contributed by atoms with Crippen LogP contribution in [-0.2, 0) is 0 Å². The molecule has 0 saturated heterocycles. The largest absolute Gasteiger partial charge is 0.349 e. The maximum atomic E-state index is 12.3. The summed E-state index contributed by atoms with van der Waals surface area (Å²) < 4.78 is 0. The summed E-state index contributed by atoms with van der Waals surface area (Å²) in [6.45, 7) is 4.31. The molecular formula is C14H18ClN3O3. The van der Waals surface area contributed by atoms with Crippen LogP contribution in [0.5, 0.6) is 0 Å². The number of halogens is 1. The summed E-state index contributed by atoms with van der Waals surface area (Å²) in [7, 11) is 0. The van der Waals surface area contributed by atoms with Crippen LogP contribution in [0.2, 0.25) is 5.15 Å². The number of aromatic nitrogens is 1. The van der Waals surface area contributed by atoms with Crippen LogP contribution < -0.4 is 5.32 Å². The minimum Gasteiger partial charge on any atom is -0.349 e. The van der Waals surface area contributed by atoms with Gasteiger partial charge in [-0.15, -0.1) is 0 Å². The molecule has 1 aliphatic carbocycles. The van der Waals surface area contributed by atoms with Crippen LogP contribution in [-0.4, -0.2) is 21.9 Å². The normalized spacial score (nSPS) is 25.4. The van der Waals surface area contributed by atoms with E-state index >= 15 is 0 Å². The predicted molar refractivity (Wildman–Crippen MR) is 79.3 cm³/mol. The Balaban J connectivity index is 2.16. The van der Waals surface area contributed by atoms with Crippen molar-refractivity contribution in [2.24, 2.45) is 11.8 Å². The predicted octanol–water partition coefficient (Wildman–Crippen LogP) is 3.20. The molecular weight excluding hydrogens is 294 g/mol. The van der Waals surface area contributed by atoms with E-state index in [1.54, 1.807) is 0 Å². The smallest absolute Gasteiger partial charge is 0.300 e. The third-order valence-electron chi connectivity index (χ3n) is 3.80. The van der Waals surface area contributed by atoms with Crippen LogP contribution in [0.4, 0.5) is 5.69 Å². The van der Waals surface area contributed by atoms with Gasteiger partial charge in [0.2, 0.25) is 0 Å². The summed E-state index contributed by atoms with van der Waals surface area (Å²) in [5.41, 5.74) is -0.361. The zero-order valence-electron chi connectivity index (χ0n) is 12.0. The zero-order valence-corrected chi connectivity index (χ0v) is 12.8. The maximum Gasteiger partial charge on any atom is 0.300 e. The van der Waals surface area contributed by atoms with E-state index in [4.69, 9.17) is 11.6 Å². The third kappa shape index (κ3) is 3.91. The van der Waals surface area contributed by atoms with E-state index in [1.807, 2.05) is 0 Å². The van der Waals surface area contributed by atoms with Crippen LogP contribution in [0.1, 0.15) is 43.5 Å². The fraction of sp³-hybridized carbons (Fsp3) is 0.571. The van der Waals surface area contributed by atoms with Crippen molar-refractivity contribution in [3.8, 4) is 0 Å². The Hall–Kier alpha value is -1.69. The fourth-order valence-electron chi connectivity index (χ4n) is 3.08. The molecule has 7 heteroatoms. The van der Waals surface area contributed by atoms with E-state index in [0.29, 0.717) is 11.8 Å². The summed E-state index contributed by atoms with van der Waals surface area (Å²) in [5, 5.41) is 13.9. The molecule has 1 fully saturated rings. The van der Waals surface area contributed by atoms with Crippen molar-refractivity contribution in [2.45, 2.75) is 39.2 Å². The highest BCUT2D eigenvalue weighted by Gasteiger charge is 2.28. The summed E-state index contributed by atoms with van der Waals surface area (Å²) >= 11 is 5.74. The minimum absolute atomic E-state index is 0.0362. The Morgan fingerprint density at radius 1 is 1.38 bits per heavy atom. The molecule has 1 aromatic rings. The average molecular weight is 312 g/mol. The first-order valence-corrected chi connectivity index (χ1v) is 7.35. The van der Waals surface area contributed by atoms with Gasteiger partial charge in [0.25, 0.3) is 11.6 Å². The topological polar surface area (TPSA) is 85.1 Å². The second kappa shape index (κ2) is 6.39. The van der Waals surface area contributed by atoms with Crippen molar-refractivity contribution in [1.82, 2.24) is 10.3 Å². The second-order valence-electron chi connectivity index (χ2n) is 5.87. The van der Waals surface area contributed by atoms with Crippen molar-refractivity contribution in [3.63, 3.8) is 0 Å². The molecule has 21 heavy (non-hydrogen) atoms. The Bertz CT molecular complexity index is 554. The van der Waals surface area contributed by atoms with Gasteiger partial charge in [-0.05, 0) is 37.2 Å². The van der Waals surface area contributed by atoms with Gasteiger partial charge in [-0.1, -0.05) is 25.4 Å². The van der Waals surface area contributed by atoms with Crippen molar-refractivity contribution in [3.05, 3.63) is 33.1 Å². The van der Waals surface area contributed by atoms with Gasteiger partial charge in [-0.2, -0.15) is 0 Å². The molecule has 6 nitrogen and oxygen atoms in total. The molecule has 0 radical (unpaired) electrons. The van der Waals surface area contributed by atoms with Crippen LogP contribution in [0.25, 0.3) is 0 Å². The van der Waals surface area contributed by atoms with Gasteiger partial charge in [0, 0.05) is 6.04 Å². The molecule has 1 heterocycles. The Kier molecular flexibility index (Phi) is 4.77. The van der Waals surface area contributed by atoms with Crippen LogP contribution in [0, 0.1) is 22.0 Å². The van der Waals surface area contributed by atoms with Gasteiger partial charge >= 0.3 is 0 Å². The van der Waals surface area contributed by atoms with Gasteiger partial charge in [-0.25, -0.2) is 4.98 Å². The number of amides is 1. The fourth-order valence-corrected chi connectivity index (χ4v) is 3.24. The van der Waals surface area contributed by atoms with Crippen LogP contribution in [0.3, 0.4) is 0 Å². The molecule has 0 aromatic carbocycles. The number of rotatable bonds is 3. The molecule has 1 N–H and O–H groups in total. The summed E-state index contributed by atoms with van der Waals surface area (Å²) in [5.74, 6) is 0.613. The first kappa shape index (κ1) is 15.7. The molecule has 0 aliphatic heterocycles. The summed E-state index contributed by atoms with van der Waals surface area (Å²) in [4.78, 5) is 26.3. The number of pyridine rings is 1. The molecule has 1 amide bonds. The lowest BCUT2D eigenvalue weighted by Crippen LogP contribution is -2.40. The number of nitrogens with zero attached hydrogens (tertiary/aromatic N) is 2. The zero-order chi connectivity index (χ0) is 15.6. The van der Waals surface area contributed by atoms with Gasteiger partial charge in [0.05, 0.1) is 4.92 Å². The standard InChI is InChI=1S/C14H18ClN3O3/c1-8-3-9(2)5-10(4-8)17-14(19)11-6-13(15)16-7-12(11)18(20)21/h6-10H,3-5H2,1-2H3,(H,17,19). The molecule has 2 unspecified atom stereocenters. The maximum absolute atomic E-state index is 12.3. The first-order chi connectivity index (χ1) is 9.86. The van der Waals surface area contributed by atoms with E-state index in [2.05, 4.69) is 24.1 Å². The average Bonchev–Trinajstić information content (AvgIpc) is 2.36. The van der Waals surface area contributed by atoms with Gasteiger partial charge in [-0.3, -0.25) is 14.9 Å². The Labute approximate surface area is 128 Å². The number of hydrogen-bond acceptors (Lipinski definition) is 4. The summed E-state index contributed by atoms with van der Waals surface area (Å²) in [6.07, 6.45) is 3.95. The van der Waals surface area contributed by atoms with Crippen LogP contribution >= 0.6 is 11.6 Å². The third-order valence-corrected chi connectivity index (χ3v) is 4.01. The van der Waals surface area contributed by atoms with Crippen molar-refractivity contribution in [1.29, 1.82) is 0 Å². The van der Waals surface area contributed by atoms with Crippen LogP contribution in [0.15, 0.2) is 12.3 Å². The van der Waals surface area contributed by atoms with Gasteiger partial charge in [0.1, 0.15) is 16.9 Å². The Morgan fingerprint density at radius 3 is 2.57 bits per heavy atom. The van der Waals surface area contributed by atoms with Crippen molar-refractivity contribution in [2.75, 3.05) is 0 Å². The number of hydrogen-bond donors (Lipinski definition) is 1. The lowest BCUT2D eigenvalue weighted by Gasteiger charge is -2.31. The first-order valence-electron chi connectivity index (χ1n) is 6.97. The monoisotopic (exact) mass is 311 g/mol. The van der Waals surface area contributed by atoms with E-state index < -0.39 is 10.8 Å². The highest BCUT2D eigenvalue weighted by atomic mass is 35.5. The molecule has 0 spiro atoms. The molecule has 1 aliphatic rings. The van der Waals surface area contributed by atoms with Gasteiger partial charge < -0.3 is 5.32 Å². The van der Waals surface area contributed by atoms with E-state index in [1.165, 1.54) is 6.07 Å². The second-order valence-corrected chi connectivity index (χ2v) is 6.26. The number of nitro groups is 1. The van der Waals surface area contributed by atoms with E-state index in [9.17, 15) is 14.9 Å². The van der Waals surface area contributed by atoms with Crippen molar-refractivity contribution >= 4 is 23.2 Å². The molecule has 114 valence electrons. The molecule has 0 bridgehead atoms. The highest BCUT2D eigenvalue weighted by molar-refractivity contribution is 6.29. The molecule has 2 rings (SSSR count). The quantitative estimate of drug-likeness (QED) is 0.527. The highest BCUT2D eigenvalue weighted by Crippen LogP contribution is 2.29. The minimum atomic E-state index is -0.621. The number of carbonyl (C=O) groups excluding carboxylic acids is 1. The SMILES string of the molecule is CC1CC(C)CC(NC(=O)c2cc(Cl)ncc2[N+](=O)[O-])C1. The lowest BCUT2D eigenvalue weighted by atomic mass is 9.80. The Morgan fingerprint density at radius 2 is 2.00 bits per heavy atom. The van der Waals surface area contributed by atoms with Gasteiger partial charge in [0.15, 0.2) is 0 Å². The van der Waals surface area contributed by atoms with E-state index in [0.717, 1.165) is 25.5 Å². The number of carbonyl (C=O) groups is 1. The lowest BCUT2D eigenvalue weighted by molar-refractivity contribution is -0.385. The molecule has 1 aromatic heterocycles. The molecule has 2 atom stereocenters. The van der Waals surface area contributed by atoms with E-state index in [-0.39, 0.29) is 22.4 Å². The number of nitrogens with one attached hydrogen (secondary N) is 1. The molecule has 1 saturated carbocycles. The summed E-state index contributed by atoms with van der Waals surface area (Å²) in [6, 6.07) is 1.29.